The summed E-state index contributed by atoms with van der Waals surface area (Å²) in [7, 11) is -3.44. The number of benzene rings is 1. The van der Waals surface area contributed by atoms with E-state index in [-0.39, 0.29) is 24.0 Å². The highest BCUT2D eigenvalue weighted by molar-refractivity contribution is 14.0. The average Bonchev–Trinajstić information content (AvgIpc) is 3.20. The van der Waals surface area contributed by atoms with Gasteiger partial charge in [0.05, 0.1) is 11.4 Å². The molecule has 6 nitrogen and oxygen atoms in total. The maximum absolute atomic E-state index is 13.1. The Kier molecular flexibility index (Phi) is 8.81. The van der Waals surface area contributed by atoms with E-state index in [1.807, 2.05) is 12.1 Å². The van der Waals surface area contributed by atoms with Gasteiger partial charge in [0.1, 0.15) is 0 Å². The van der Waals surface area contributed by atoms with Crippen molar-refractivity contribution in [2.24, 2.45) is 4.99 Å². The number of halogens is 1. The Balaban J connectivity index is 0.00000261. The standard InChI is InChI=1S/C19H30N4O2S.HI/c1-2-20-19(22-12-8-9-13-22)21-16-17-10-4-5-11-18(17)26(24,25)23-14-6-3-7-15-23;/h4-5,10-11H,2-3,6-9,12-16H2,1H3,(H,20,21);1H. The van der Waals surface area contributed by atoms with Gasteiger partial charge in [-0.25, -0.2) is 13.4 Å². The summed E-state index contributed by atoms with van der Waals surface area (Å²) >= 11 is 0. The summed E-state index contributed by atoms with van der Waals surface area (Å²) < 4.78 is 27.8. The molecule has 0 unspecified atom stereocenters. The van der Waals surface area contributed by atoms with Gasteiger partial charge in [-0.15, -0.1) is 24.0 Å². The molecule has 1 N–H and O–H groups in total. The predicted molar refractivity (Wildman–Crippen MR) is 120 cm³/mol. The van der Waals surface area contributed by atoms with Crippen molar-refractivity contribution in [3.05, 3.63) is 29.8 Å². The molecule has 0 atom stereocenters. The molecule has 1 aromatic carbocycles. The molecular weight excluding hydrogens is 475 g/mol. The molecule has 3 rings (SSSR count). The molecule has 2 aliphatic heterocycles. The summed E-state index contributed by atoms with van der Waals surface area (Å²) in [6.45, 7) is 6.51. The zero-order valence-corrected chi connectivity index (χ0v) is 19.2. The predicted octanol–water partition coefficient (Wildman–Crippen LogP) is 3.04. The number of sulfonamides is 1. The van der Waals surface area contributed by atoms with E-state index >= 15 is 0 Å². The van der Waals surface area contributed by atoms with Crippen molar-refractivity contribution >= 4 is 40.0 Å². The molecule has 2 fully saturated rings. The fourth-order valence-corrected chi connectivity index (χ4v) is 5.38. The summed E-state index contributed by atoms with van der Waals surface area (Å²) in [6, 6.07) is 7.30. The van der Waals surface area contributed by atoms with Crippen LogP contribution in [-0.4, -0.2) is 56.3 Å². The third-order valence-electron chi connectivity index (χ3n) is 5.05. The lowest BCUT2D eigenvalue weighted by molar-refractivity contribution is 0.346. The lowest BCUT2D eigenvalue weighted by Gasteiger charge is -2.26. The molecule has 0 radical (unpaired) electrons. The van der Waals surface area contributed by atoms with Crippen LogP contribution in [0.25, 0.3) is 0 Å². The Morgan fingerprint density at radius 3 is 2.33 bits per heavy atom. The number of nitrogens with zero attached hydrogens (tertiary/aromatic N) is 3. The Morgan fingerprint density at radius 1 is 1.04 bits per heavy atom. The minimum absolute atomic E-state index is 0. The van der Waals surface area contributed by atoms with Gasteiger partial charge in [0.25, 0.3) is 0 Å². The molecule has 0 aliphatic carbocycles. The summed E-state index contributed by atoms with van der Waals surface area (Å²) in [5, 5.41) is 3.33. The molecule has 2 saturated heterocycles. The lowest BCUT2D eigenvalue weighted by Crippen LogP contribution is -2.39. The topological polar surface area (TPSA) is 65.0 Å². The zero-order valence-electron chi connectivity index (χ0n) is 16.1. The van der Waals surface area contributed by atoms with Gasteiger partial charge < -0.3 is 10.2 Å². The maximum Gasteiger partial charge on any atom is 0.243 e. The van der Waals surface area contributed by atoms with E-state index in [2.05, 4.69) is 17.1 Å². The van der Waals surface area contributed by atoms with Crippen LogP contribution in [0.3, 0.4) is 0 Å². The molecule has 0 amide bonds. The van der Waals surface area contributed by atoms with Crippen LogP contribution in [0.4, 0.5) is 0 Å². The highest BCUT2D eigenvalue weighted by Gasteiger charge is 2.27. The summed E-state index contributed by atoms with van der Waals surface area (Å²) in [5.41, 5.74) is 0.771. The van der Waals surface area contributed by atoms with Gasteiger partial charge in [-0.3, -0.25) is 0 Å². The first-order chi connectivity index (χ1) is 12.6. The Hall–Kier alpha value is -0.870. The number of guanidine groups is 1. The van der Waals surface area contributed by atoms with Gasteiger partial charge in [-0.2, -0.15) is 4.31 Å². The number of hydrogen-bond acceptors (Lipinski definition) is 3. The number of aliphatic imine (C=N–C) groups is 1. The maximum atomic E-state index is 13.1. The number of nitrogens with one attached hydrogen (secondary N) is 1. The van der Waals surface area contributed by atoms with Crippen LogP contribution in [0.5, 0.6) is 0 Å². The molecule has 2 aliphatic rings. The monoisotopic (exact) mass is 506 g/mol. The van der Waals surface area contributed by atoms with Crippen LogP contribution in [-0.2, 0) is 16.6 Å². The van der Waals surface area contributed by atoms with Crippen LogP contribution < -0.4 is 5.32 Å². The van der Waals surface area contributed by atoms with Crippen molar-refractivity contribution in [3.63, 3.8) is 0 Å². The lowest BCUT2D eigenvalue weighted by atomic mass is 10.2. The largest absolute Gasteiger partial charge is 0.357 e. The molecule has 1 aromatic rings. The number of hydrogen-bond donors (Lipinski definition) is 1. The SMILES string of the molecule is CCNC(=NCc1ccccc1S(=O)(=O)N1CCCCC1)N1CCCC1.I. The third kappa shape index (κ3) is 5.57. The first-order valence-electron chi connectivity index (χ1n) is 9.74. The van der Waals surface area contributed by atoms with Crippen LogP contribution in [0.2, 0.25) is 0 Å². The molecule has 0 spiro atoms. The number of rotatable bonds is 5. The minimum atomic E-state index is -3.44. The fourth-order valence-electron chi connectivity index (χ4n) is 3.65. The van der Waals surface area contributed by atoms with Crippen molar-refractivity contribution in [3.8, 4) is 0 Å². The quantitative estimate of drug-likeness (QED) is 0.379. The molecule has 0 saturated carbocycles. The second-order valence-corrected chi connectivity index (χ2v) is 8.84. The number of piperidine rings is 1. The van der Waals surface area contributed by atoms with Gasteiger partial charge >= 0.3 is 0 Å². The van der Waals surface area contributed by atoms with Crippen LogP contribution in [0.15, 0.2) is 34.2 Å². The molecule has 2 heterocycles. The van der Waals surface area contributed by atoms with E-state index in [4.69, 9.17) is 4.99 Å². The molecular formula is C19H31IN4O2S. The van der Waals surface area contributed by atoms with Crippen LogP contribution in [0.1, 0.15) is 44.6 Å². The van der Waals surface area contributed by atoms with Gasteiger partial charge in [-0.1, -0.05) is 24.6 Å². The molecule has 0 aromatic heterocycles. The van der Waals surface area contributed by atoms with Crippen molar-refractivity contribution in [1.82, 2.24) is 14.5 Å². The Morgan fingerprint density at radius 2 is 1.67 bits per heavy atom. The van der Waals surface area contributed by atoms with Crippen molar-refractivity contribution < 1.29 is 8.42 Å². The second kappa shape index (κ2) is 10.6. The summed E-state index contributed by atoms with van der Waals surface area (Å²) in [6.07, 6.45) is 5.37. The van der Waals surface area contributed by atoms with Gasteiger partial charge in [0, 0.05) is 32.7 Å². The molecule has 152 valence electrons. The van der Waals surface area contributed by atoms with Crippen molar-refractivity contribution in [2.45, 2.75) is 50.5 Å². The first kappa shape index (κ1) is 22.4. The second-order valence-electron chi connectivity index (χ2n) is 6.94. The van der Waals surface area contributed by atoms with Gasteiger partial charge in [0.15, 0.2) is 5.96 Å². The van der Waals surface area contributed by atoms with Gasteiger partial charge in [0.2, 0.25) is 10.0 Å². The van der Waals surface area contributed by atoms with Crippen molar-refractivity contribution in [1.29, 1.82) is 0 Å². The van der Waals surface area contributed by atoms with E-state index in [0.29, 0.717) is 24.5 Å². The van der Waals surface area contributed by atoms with E-state index in [1.54, 1.807) is 16.4 Å². The van der Waals surface area contributed by atoms with Crippen LogP contribution >= 0.6 is 24.0 Å². The zero-order chi connectivity index (χ0) is 18.4. The normalized spacial score (nSPS) is 19.0. The highest BCUT2D eigenvalue weighted by Crippen LogP contribution is 2.24. The summed E-state index contributed by atoms with van der Waals surface area (Å²) in [4.78, 5) is 7.39. The Bertz CT molecular complexity index is 727. The Labute approximate surface area is 180 Å². The molecule has 27 heavy (non-hydrogen) atoms. The van der Waals surface area contributed by atoms with E-state index in [9.17, 15) is 8.42 Å². The minimum Gasteiger partial charge on any atom is -0.357 e. The molecule has 0 bridgehead atoms. The third-order valence-corrected chi connectivity index (χ3v) is 7.04. The first-order valence-corrected chi connectivity index (χ1v) is 11.2. The van der Waals surface area contributed by atoms with E-state index in [1.165, 1.54) is 12.8 Å². The molecule has 8 heteroatoms. The average molecular weight is 506 g/mol. The van der Waals surface area contributed by atoms with Crippen LogP contribution in [0, 0.1) is 0 Å². The van der Waals surface area contributed by atoms with Crippen molar-refractivity contribution in [2.75, 3.05) is 32.7 Å². The van der Waals surface area contributed by atoms with E-state index in [0.717, 1.165) is 50.4 Å². The smallest absolute Gasteiger partial charge is 0.243 e. The van der Waals surface area contributed by atoms with Gasteiger partial charge in [-0.05, 0) is 44.2 Å². The number of likely N-dealkylation sites (tertiary alicyclic amines) is 1. The highest BCUT2D eigenvalue weighted by atomic mass is 127. The van der Waals surface area contributed by atoms with E-state index < -0.39 is 10.0 Å². The summed E-state index contributed by atoms with van der Waals surface area (Å²) in [5.74, 6) is 0.884. The fraction of sp³-hybridized carbons (Fsp3) is 0.632.